The fourth-order valence-corrected chi connectivity index (χ4v) is 3.91. The van der Waals surface area contributed by atoms with Crippen molar-refractivity contribution >= 4 is 23.2 Å². The number of carbonyl (C=O) groups is 1. The number of hydrogen-bond donors (Lipinski definition) is 1. The number of aryl methyl sites for hydroxylation is 1. The summed E-state index contributed by atoms with van der Waals surface area (Å²) in [6.07, 6.45) is 5.67. The van der Waals surface area contributed by atoms with E-state index in [2.05, 4.69) is 32.5 Å². The first-order valence-corrected chi connectivity index (χ1v) is 10.7. The highest BCUT2D eigenvalue weighted by molar-refractivity contribution is 6.31. The standard InChI is InChI=1S/C22H27ClN6O/c1-16-21(23)17(2)29(25-16)15-28-13-10-20(26-28)22(30)24-19-8-6-18(7-9-19)14-27-11-4-3-5-12-27/h6-10,13H,3-5,11-12,14-15H2,1-2H3,(H,24,30). The number of amides is 1. The number of hydrogen-bond acceptors (Lipinski definition) is 4. The van der Waals surface area contributed by atoms with Crippen molar-refractivity contribution in [2.24, 2.45) is 0 Å². The third-order valence-electron chi connectivity index (χ3n) is 5.51. The summed E-state index contributed by atoms with van der Waals surface area (Å²) in [5.41, 5.74) is 4.05. The lowest BCUT2D eigenvalue weighted by Gasteiger charge is -2.26. The van der Waals surface area contributed by atoms with Crippen LogP contribution in [-0.4, -0.2) is 43.5 Å². The fraction of sp³-hybridized carbons (Fsp3) is 0.409. The van der Waals surface area contributed by atoms with Crippen LogP contribution in [0.15, 0.2) is 36.5 Å². The van der Waals surface area contributed by atoms with E-state index in [9.17, 15) is 4.79 Å². The highest BCUT2D eigenvalue weighted by Gasteiger charge is 2.14. The molecule has 0 unspecified atom stereocenters. The summed E-state index contributed by atoms with van der Waals surface area (Å²) >= 11 is 6.20. The summed E-state index contributed by atoms with van der Waals surface area (Å²) < 4.78 is 3.44. The van der Waals surface area contributed by atoms with Crippen LogP contribution in [0.5, 0.6) is 0 Å². The molecule has 0 saturated carbocycles. The van der Waals surface area contributed by atoms with Gasteiger partial charge in [0.1, 0.15) is 6.67 Å². The second kappa shape index (κ2) is 9.02. The Labute approximate surface area is 181 Å². The van der Waals surface area contributed by atoms with E-state index in [1.807, 2.05) is 26.0 Å². The lowest BCUT2D eigenvalue weighted by molar-refractivity contribution is 0.102. The highest BCUT2D eigenvalue weighted by Crippen LogP contribution is 2.19. The molecule has 2 aromatic heterocycles. The molecule has 3 aromatic rings. The number of aromatic nitrogens is 4. The van der Waals surface area contributed by atoms with Gasteiger partial charge >= 0.3 is 0 Å². The Morgan fingerprint density at radius 2 is 1.80 bits per heavy atom. The monoisotopic (exact) mass is 426 g/mol. The van der Waals surface area contributed by atoms with Gasteiger partial charge in [0, 0.05) is 18.4 Å². The van der Waals surface area contributed by atoms with Crippen LogP contribution in [0.3, 0.4) is 0 Å². The molecule has 0 spiro atoms. The molecule has 1 aromatic carbocycles. The van der Waals surface area contributed by atoms with Crippen molar-refractivity contribution in [1.29, 1.82) is 0 Å². The summed E-state index contributed by atoms with van der Waals surface area (Å²) in [5, 5.41) is 12.3. The number of anilines is 1. The first-order valence-electron chi connectivity index (χ1n) is 10.4. The molecule has 3 heterocycles. The average Bonchev–Trinajstić information content (AvgIpc) is 3.31. The predicted molar refractivity (Wildman–Crippen MR) is 118 cm³/mol. The lowest BCUT2D eigenvalue weighted by atomic mass is 10.1. The van der Waals surface area contributed by atoms with Crippen LogP contribution >= 0.6 is 11.6 Å². The third-order valence-corrected chi connectivity index (χ3v) is 6.06. The van der Waals surface area contributed by atoms with Gasteiger partial charge in [-0.2, -0.15) is 10.2 Å². The molecule has 4 rings (SSSR count). The minimum Gasteiger partial charge on any atom is -0.321 e. The molecule has 0 bridgehead atoms. The molecule has 8 heteroatoms. The van der Waals surface area contributed by atoms with Crippen LogP contribution in [-0.2, 0) is 13.2 Å². The molecule has 0 atom stereocenters. The van der Waals surface area contributed by atoms with Crippen LogP contribution in [0, 0.1) is 13.8 Å². The van der Waals surface area contributed by atoms with Crippen LogP contribution in [0.1, 0.15) is 46.7 Å². The number of halogens is 1. The molecule has 158 valence electrons. The first kappa shape index (κ1) is 20.6. The van der Waals surface area contributed by atoms with E-state index >= 15 is 0 Å². The highest BCUT2D eigenvalue weighted by atomic mass is 35.5. The van der Waals surface area contributed by atoms with Gasteiger partial charge in [0.2, 0.25) is 0 Å². The second-order valence-corrected chi connectivity index (χ2v) is 8.23. The number of benzene rings is 1. The predicted octanol–water partition coefficient (Wildman–Crippen LogP) is 4.09. The number of nitrogens with zero attached hydrogens (tertiary/aromatic N) is 5. The summed E-state index contributed by atoms with van der Waals surface area (Å²) in [7, 11) is 0. The van der Waals surface area contributed by atoms with Crippen LogP contribution < -0.4 is 5.32 Å². The van der Waals surface area contributed by atoms with Gasteiger partial charge in [-0.15, -0.1) is 0 Å². The maximum absolute atomic E-state index is 12.6. The van der Waals surface area contributed by atoms with Gasteiger partial charge in [-0.05, 0) is 63.5 Å². The minimum atomic E-state index is -0.232. The van der Waals surface area contributed by atoms with Gasteiger partial charge in [-0.3, -0.25) is 14.4 Å². The molecular weight excluding hydrogens is 400 g/mol. The zero-order valence-electron chi connectivity index (χ0n) is 17.4. The van der Waals surface area contributed by atoms with Crippen molar-refractivity contribution < 1.29 is 4.79 Å². The lowest BCUT2D eigenvalue weighted by Crippen LogP contribution is -2.29. The first-order chi connectivity index (χ1) is 14.5. The van der Waals surface area contributed by atoms with E-state index in [4.69, 9.17) is 11.6 Å². The van der Waals surface area contributed by atoms with Crippen molar-refractivity contribution in [3.63, 3.8) is 0 Å². The minimum absolute atomic E-state index is 0.232. The molecule has 0 aliphatic carbocycles. The Morgan fingerprint density at radius 1 is 1.07 bits per heavy atom. The summed E-state index contributed by atoms with van der Waals surface area (Å²) in [5.74, 6) is -0.232. The van der Waals surface area contributed by atoms with Gasteiger partial charge in [-0.1, -0.05) is 30.2 Å². The number of piperidine rings is 1. The Hall–Kier alpha value is -2.64. The molecular formula is C22H27ClN6O. The molecule has 7 nitrogen and oxygen atoms in total. The topological polar surface area (TPSA) is 68.0 Å². The van der Waals surface area contributed by atoms with E-state index in [0.717, 1.165) is 23.6 Å². The molecule has 30 heavy (non-hydrogen) atoms. The molecule has 1 aliphatic rings. The SMILES string of the molecule is Cc1nn(Cn2ccc(C(=O)Nc3ccc(CN4CCCCC4)cc3)n2)c(C)c1Cl. The van der Waals surface area contributed by atoms with E-state index in [1.165, 1.54) is 37.9 Å². The Balaban J connectivity index is 1.35. The molecule has 1 N–H and O–H groups in total. The van der Waals surface area contributed by atoms with Gasteiger partial charge < -0.3 is 5.32 Å². The van der Waals surface area contributed by atoms with E-state index < -0.39 is 0 Å². The Bertz CT molecular complexity index is 1020. The number of likely N-dealkylation sites (tertiary alicyclic amines) is 1. The summed E-state index contributed by atoms with van der Waals surface area (Å²) in [6, 6.07) is 9.76. The number of rotatable bonds is 6. The van der Waals surface area contributed by atoms with Crippen molar-refractivity contribution in [2.75, 3.05) is 18.4 Å². The Kier molecular flexibility index (Phi) is 6.20. The van der Waals surface area contributed by atoms with E-state index in [1.54, 1.807) is 21.6 Å². The zero-order valence-corrected chi connectivity index (χ0v) is 18.2. The normalized spacial score (nSPS) is 14.8. The quantitative estimate of drug-likeness (QED) is 0.644. The van der Waals surface area contributed by atoms with Gasteiger partial charge in [0.15, 0.2) is 5.69 Å². The maximum atomic E-state index is 12.6. The zero-order chi connectivity index (χ0) is 21.1. The largest absolute Gasteiger partial charge is 0.321 e. The third kappa shape index (κ3) is 4.74. The van der Waals surface area contributed by atoms with Gasteiger partial charge in [-0.25, -0.2) is 4.68 Å². The van der Waals surface area contributed by atoms with Crippen LogP contribution in [0.2, 0.25) is 5.02 Å². The molecule has 0 radical (unpaired) electrons. The second-order valence-electron chi connectivity index (χ2n) is 7.85. The number of carbonyl (C=O) groups excluding carboxylic acids is 1. The Morgan fingerprint density at radius 3 is 2.47 bits per heavy atom. The average molecular weight is 427 g/mol. The number of nitrogens with one attached hydrogen (secondary N) is 1. The molecule has 1 saturated heterocycles. The van der Waals surface area contributed by atoms with Gasteiger partial charge in [0.25, 0.3) is 5.91 Å². The fourth-order valence-electron chi connectivity index (χ4n) is 3.78. The maximum Gasteiger partial charge on any atom is 0.276 e. The van der Waals surface area contributed by atoms with Crippen molar-refractivity contribution in [2.45, 2.75) is 46.3 Å². The van der Waals surface area contributed by atoms with Crippen LogP contribution in [0.25, 0.3) is 0 Å². The summed E-state index contributed by atoms with van der Waals surface area (Å²) in [6.45, 7) is 7.49. The van der Waals surface area contributed by atoms with Gasteiger partial charge in [0.05, 0.1) is 16.4 Å². The van der Waals surface area contributed by atoms with Crippen molar-refractivity contribution in [3.8, 4) is 0 Å². The van der Waals surface area contributed by atoms with E-state index in [0.29, 0.717) is 17.4 Å². The van der Waals surface area contributed by atoms with Crippen molar-refractivity contribution in [3.05, 3.63) is 64.2 Å². The van der Waals surface area contributed by atoms with Crippen LogP contribution in [0.4, 0.5) is 5.69 Å². The molecule has 1 fully saturated rings. The van der Waals surface area contributed by atoms with E-state index in [-0.39, 0.29) is 5.91 Å². The molecule has 1 amide bonds. The molecule has 1 aliphatic heterocycles. The summed E-state index contributed by atoms with van der Waals surface area (Å²) in [4.78, 5) is 15.1. The smallest absolute Gasteiger partial charge is 0.276 e. The van der Waals surface area contributed by atoms with Crippen molar-refractivity contribution in [1.82, 2.24) is 24.5 Å².